The van der Waals surface area contributed by atoms with E-state index in [0.717, 1.165) is 0 Å². The van der Waals surface area contributed by atoms with Gasteiger partial charge in [0.15, 0.2) is 12.6 Å². The Labute approximate surface area is 89.7 Å². The highest BCUT2D eigenvalue weighted by Gasteiger charge is 2.59. The van der Waals surface area contributed by atoms with E-state index in [2.05, 4.69) is 0 Å². The SMILES string of the molecule is B[C@H]1OC(CO)[C@@](C)(C2OC(C)O2)C1O. The van der Waals surface area contributed by atoms with Crippen LogP contribution < -0.4 is 0 Å². The van der Waals surface area contributed by atoms with Gasteiger partial charge >= 0.3 is 0 Å². The molecule has 2 saturated heterocycles. The van der Waals surface area contributed by atoms with Crippen molar-refractivity contribution < 1.29 is 24.4 Å². The lowest BCUT2D eigenvalue weighted by atomic mass is 9.74. The fourth-order valence-electron chi connectivity index (χ4n) is 2.36. The van der Waals surface area contributed by atoms with Gasteiger partial charge in [-0.1, -0.05) is 0 Å². The fraction of sp³-hybridized carbons (Fsp3) is 1.00. The topological polar surface area (TPSA) is 68.2 Å². The first-order chi connectivity index (χ1) is 7.00. The quantitative estimate of drug-likeness (QED) is 0.545. The monoisotopic (exact) mass is 216 g/mol. The number of rotatable bonds is 2. The van der Waals surface area contributed by atoms with E-state index in [1.807, 2.05) is 6.92 Å². The fourth-order valence-corrected chi connectivity index (χ4v) is 2.36. The highest BCUT2D eigenvalue weighted by atomic mass is 16.9. The zero-order chi connectivity index (χ0) is 11.2. The highest BCUT2D eigenvalue weighted by Crippen LogP contribution is 2.45. The van der Waals surface area contributed by atoms with Crippen molar-refractivity contribution in [2.24, 2.45) is 5.41 Å². The predicted octanol–water partition coefficient (Wildman–Crippen LogP) is -1.58. The van der Waals surface area contributed by atoms with E-state index in [9.17, 15) is 10.2 Å². The first kappa shape index (κ1) is 11.4. The molecule has 2 unspecified atom stereocenters. The van der Waals surface area contributed by atoms with Crippen LogP contribution in [0.25, 0.3) is 0 Å². The second-order valence-corrected chi connectivity index (χ2v) is 4.50. The van der Waals surface area contributed by atoms with Crippen LogP contribution in [-0.2, 0) is 14.2 Å². The average Bonchev–Trinajstić information content (AvgIpc) is 2.38. The summed E-state index contributed by atoms with van der Waals surface area (Å²) in [4.78, 5) is 0. The third kappa shape index (κ3) is 1.52. The third-order valence-corrected chi connectivity index (χ3v) is 3.46. The van der Waals surface area contributed by atoms with Crippen molar-refractivity contribution in [3.05, 3.63) is 0 Å². The zero-order valence-corrected chi connectivity index (χ0v) is 9.21. The molecule has 6 heteroatoms. The molecule has 2 heterocycles. The molecule has 2 fully saturated rings. The van der Waals surface area contributed by atoms with Crippen LogP contribution in [0, 0.1) is 5.41 Å². The van der Waals surface area contributed by atoms with E-state index >= 15 is 0 Å². The number of hydrogen-bond donors (Lipinski definition) is 2. The minimum atomic E-state index is -0.694. The van der Waals surface area contributed by atoms with Crippen molar-refractivity contribution in [3.8, 4) is 0 Å². The molecular weight excluding hydrogens is 199 g/mol. The van der Waals surface area contributed by atoms with Gasteiger partial charge in [0.25, 0.3) is 0 Å². The molecule has 0 amide bonds. The number of ether oxygens (including phenoxy) is 3. The second-order valence-electron chi connectivity index (χ2n) is 4.50. The van der Waals surface area contributed by atoms with Gasteiger partial charge in [0.2, 0.25) is 0 Å². The first-order valence-corrected chi connectivity index (χ1v) is 5.25. The summed E-state index contributed by atoms with van der Waals surface area (Å²) in [5.74, 6) is 0. The maximum absolute atomic E-state index is 10.0. The van der Waals surface area contributed by atoms with Crippen molar-refractivity contribution in [1.82, 2.24) is 0 Å². The summed E-state index contributed by atoms with van der Waals surface area (Å²) in [6.45, 7) is 3.47. The van der Waals surface area contributed by atoms with Gasteiger partial charge in [0, 0.05) is 0 Å². The standard InChI is InChI=1S/C9H17BO5/c1-4-13-8(14-4)9(2)5(3-11)15-7(10)6(9)12/h4-8,11-12H,3,10H2,1-2H3/t4?,5?,6?,7-,8?,9+/m0/s1. The van der Waals surface area contributed by atoms with Crippen molar-refractivity contribution in [1.29, 1.82) is 0 Å². The molecule has 2 aliphatic heterocycles. The largest absolute Gasteiger partial charge is 0.394 e. The maximum atomic E-state index is 10.0. The maximum Gasteiger partial charge on any atom is 0.174 e. The Morgan fingerprint density at radius 3 is 2.40 bits per heavy atom. The van der Waals surface area contributed by atoms with Gasteiger partial charge in [0.05, 0.1) is 30.2 Å². The summed E-state index contributed by atoms with van der Waals surface area (Å²) in [5.41, 5.74) is -0.694. The van der Waals surface area contributed by atoms with Crippen LogP contribution in [0.2, 0.25) is 0 Å². The molecule has 0 aromatic rings. The van der Waals surface area contributed by atoms with Crippen LogP contribution in [-0.4, -0.2) is 55.5 Å². The van der Waals surface area contributed by atoms with E-state index in [1.54, 1.807) is 14.8 Å². The lowest BCUT2D eigenvalue weighted by Crippen LogP contribution is -2.58. The minimum absolute atomic E-state index is 0.143. The molecule has 0 spiro atoms. The first-order valence-electron chi connectivity index (χ1n) is 5.25. The third-order valence-electron chi connectivity index (χ3n) is 3.46. The van der Waals surface area contributed by atoms with Gasteiger partial charge in [-0.25, -0.2) is 0 Å². The Morgan fingerprint density at radius 1 is 1.33 bits per heavy atom. The van der Waals surface area contributed by atoms with E-state index in [4.69, 9.17) is 14.2 Å². The van der Waals surface area contributed by atoms with Crippen LogP contribution in [0.15, 0.2) is 0 Å². The normalized spacial score (nSPS) is 55.3. The lowest BCUT2D eigenvalue weighted by Gasteiger charge is -2.46. The Balaban J connectivity index is 2.15. The zero-order valence-electron chi connectivity index (χ0n) is 9.21. The van der Waals surface area contributed by atoms with Gasteiger partial charge in [-0.15, -0.1) is 0 Å². The summed E-state index contributed by atoms with van der Waals surface area (Å²) >= 11 is 0. The molecule has 5 nitrogen and oxygen atoms in total. The molecule has 15 heavy (non-hydrogen) atoms. The van der Waals surface area contributed by atoms with Crippen LogP contribution in [0.1, 0.15) is 13.8 Å². The molecule has 0 saturated carbocycles. The molecule has 0 aromatic carbocycles. The molecule has 2 rings (SSSR count). The van der Waals surface area contributed by atoms with Crippen LogP contribution >= 0.6 is 0 Å². The summed E-state index contributed by atoms with van der Waals surface area (Å²) < 4.78 is 16.3. The van der Waals surface area contributed by atoms with E-state index in [1.165, 1.54) is 0 Å². The predicted molar refractivity (Wildman–Crippen MR) is 53.8 cm³/mol. The molecule has 0 bridgehead atoms. The number of aliphatic hydroxyl groups excluding tert-OH is 2. The smallest absolute Gasteiger partial charge is 0.174 e. The summed E-state index contributed by atoms with van der Waals surface area (Å²) in [7, 11) is 1.78. The molecule has 0 radical (unpaired) electrons. The molecule has 2 aliphatic rings. The van der Waals surface area contributed by atoms with Crippen LogP contribution in [0.3, 0.4) is 0 Å². The Morgan fingerprint density at radius 2 is 1.93 bits per heavy atom. The molecular formula is C9H17BO5. The van der Waals surface area contributed by atoms with Crippen molar-refractivity contribution in [2.45, 2.75) is 44.6 Å². The molecule has 2 N–H and O–H groups in total. The Bertz CT molecular complexity index is 245. The van der Waals surface area contributed by atoms with Gasteiger partial charge in [-0.05, 0) is 13.8 Å². The van der Waals surface area contributed by atoms with Gasteiger partial charge < -0.3 is 24.4 Å². The highest BCUT2D eigenvalue weighted by molar-refractivity contribution is 6.11. The summed E-state index contributed by atoms with van der Waals surface area (Å²) in [5, 5.41) is 19.3. The number of hydrogen-bond acceptors (Lipinski definition) is 5. The van der Waals surface area contributed by atoms with E-state index < -0.39 is 23.9 Å². The lowest BCUT2D eigenvalue weighted by molar-refractivity contribution is -0.418. The van der Waals surface area contributed by atoms with Crippen molar-refractivity contribution in [3.63, 3.8) is 0 Å². The Kier molecular flexibility index (Phi) is 2.81. The van der Waals surface area contributed by atoms with Crippen LogP contribution in [0.4, 0.5) is 0 Å². The minimum Gasteiger partial charge on any atom is -0.394 e. The van der Waals surface area contributed by atoms with Gasteiger partial charge in [0.1, 0.15) is 7.85 Å². The average molecular weight is 216 g/mol. The van der Waals surface area contributed by atoms with Gasteiger partial charge in [-0.3, -0.25) is 0 Å². The molecule has 4 atom stereocenters. The van der Waals surface area contributed by atoms with E-state index in [-0.39, 0.29) is 18.9 Å². The summed E-state index contributed by atoms with van der Waals surface area (Å²) in [6, 6.07) is -0.310. The van der Waals surface area contributed by atoms with Crippen molar-refractivity contribution in [2.75, 3.05) is 6.61 Å². The van der Waals surface area contributed by atoms with Crippen molar-refractivity contribution >= 4 is 7.85 Å². The van der Waals surface area contributed by atoms with E-state index in [0.29, 0.717) is 0 Å². The molecule has 86 valence electrons. The molecule has 0 aromatic heterocycles. The van der Waals surface area contributed by atoms with Crippen LogP contribution in [0.5, 0.6) is 0 Å². The van der Waals surface area contributed by atoms with Gasteiger partial charge in [-0.2, -0.15) is 0 Å². The number of aliphatic hydroxyl groups is 2. The summed E-state index contributed by atoms with van der Waals surface area (Å²) in [6.07, 6.45) is -1.87. The molecule has 0 aliphatic carbocycles. The Hall–Kier alpha value is -0.135. The second kappa shape index (κ2) is 3.71.